The number of hydrogen-bond donors (Lipinski definition) is 0. The third-order valence-electron chi connectivity index (χ3n) is 2.53. The van der Waals surface area contributed by atoms with E-state index in [1.54, 1.807) is 11.3 Å². The van der Waals surface area contributed by atoms with Crippen molar-refractivity contribution in [2.45, 2.75) is 0 Å². The molecule has 1 aliphatic heterocycles. The first-order valence-corrected chi connectivity index (χ1v) is 7.33. The third-order valence-corrected chi connectivity index (χ3v) is 4.47. The molecule has 89 valence electrons. The van der Waals surface area contributed by atoms with Gasteiger partial charge in [0.25, 0.3) is 0 Å². The Morgan fingerprint density at radius 3 is 2.56 bits per heavy atom. The summed E-state index contributed by atoms with van der Waals surface area (Å²) in [6.45, 7) is 0. The van der Waals surface area contributed by atoms with Crippen molar-refractivity contribution in [1.82, 2.24) is 5.32 Å². The van der Waals surface area contributed by atoms with Gasteiger partial charge in [0.05, 0.1) is 8.66 Å². The number of thiocarbonyl (C=S) groups is 1. The average molecular weight is 336 g/mol. The molecule has 3 rings (SSSR count). The highest BCUT2D eigenvalue weighted by molar-refractivity contribution is 9.11. The molecule has 1 aromatic heterocycles. The fourth-order valence-corrected chi connectivity index (χ4v) is 3.30. The van der Waals surface area contributed by atoms with Gasteiger partial charge in [-0.2, -0.15) is 0 Å². The first kappa shape index (κ1) is 11.9. The molecule has 1 aliphatic rings. The second-order valence-electron chi connectivity index (χ2n) is 3.72. The van der Waals surface area contributed by atoms with Gasteiger partial charge in [-0.05, 0) is 52.4 Å². The molecule has 0 saturated heterocycles. The fourth-order valence-electron chi connectivity index (χ4n) is 1.71. The Hall–Kier alpha value is -1.17. The third kappa shape index (κ3) is 2.21. The summed E-state index contributed by atoms with van der Waals surface area (Å²) in [5, 5.41) is 5.02. The molecule has 0 spiro atoms. The number of halogens is 1. The Morgan fingerprint density at radius 2 is 1.89 bits per heavy atom. The highest BCUT2D eigenvalue weighted by atomic mass is 79.9. The Kier molecular flexibility index (Phi) is 3.20. The van der Waals surface area contributed by atoms with Gasteiger partial charge in [-0.15, -0.1) is 11.3 Å². The molecule has 18 heavy (non-hydrogen) atoms. The number of hydrogen-bond acceptors (Lipinski definition) is 2. The van der Waals surface area contributed by atoms with Crippen LogP contribution in [0.4, 0.5) is 5.69 Å². The van der Waals surface area contributed by atoms with Crippen molar-refractivity contribution in [3.8, 4) is 0 Å². The van der Waals surface area contributed by atoms with Crippen LogP contribution in [0.15, 0.2) is 52.5 Å². The molecule has 1 radical (unpaired) electrons. The van der Waals surface area contributed by atoms with Crippen LogP contribution in [-0.4, -0.2) is 5.11 Å². The smallest absolute Gasteiger partial charge is 0.204 e. The standard InChI is InChI=1S/C13H8BrN2S2/c14-12-7-6-11(18-12)10-8-16(13(17)15-10)9-4-2-1-3-5-9/h1-8H. The molecular formula is C13H8BrN2S2. The van der Waals surface area contributed by atoms with Gasteiger partial charge in [-0.25, -0.2) is 5.32 Å². The monoisotopic (exact) mass is 335 g/mol. The van der Waals surface area contributed by atoms with E-state index in [1.807, 2.05) is 53.6 Å². The lowest BCUT2D eigenvalue weighted by atomic mass is 10.3. The summed E-state index contributed by atoms with van der Waals surface area (Å²) < 4.78 is 1.10. The molecule has 0 fully saturated rings. The Bertz CT molecular complexity index is 619. The SMILES string of the molecule is S=C1[N]C(c2ccc(Br)s2)=CN1c1ccccc1. The number of para-hydroxylation sites is 1. The van der Waals surface area contributed by atoms with Crippen molar-refractivity contribution in [2.24, 2.45) is 0 Å². The predicted molar refractivity (Wildman–Crippen MR) is 83.6 cm³/mol. The van der Waals surface area contributed by atoms with Crippen LogP contribution in [0.3, 0.4) is 0 Å². The van der Waals surface area contributed by atoms with Gasteiger partial charge >= 0.3 is 0 Å². The minimum atomic E-state index is 0.584. The molecule has 0 N–H and O–H groups in total. The number of nitrogens with zero attached hydrogens (tertiary/aromatic N) is 2. The maximum atomic E-state index is 5.31. The first-order valence-electron chi connectivity index (χ1n) is 5.31. The molecule has 0 saturated carbocycles. The molecule has 1 aromatic carbocycles. The van der Waals surface area contributed by atoms with Crippen LogP contribution in [0.1, 0.15) is 4.88 Å². The van der Waals surface area contributed by atoms with Gasteiger partial charge < -0.3 is 0 Å². The van der Waals surface area contributed by atoms with Crippen molar-refractivity contribution in [3.05, 3.63) is 57.3 Å². The second kappa shape index (κ2) is 4.84. The second-order valence-corrected chi connectivity index (χ2v) is 6.55. The van der Waals surface area contributed by atoms with Gasteiger partial charge in [0.2, 0.25) is 5.11 Å². The van der Waals surface area contributed by atoms with Crippen molar-refractivity contribution >= 4 is 56.0 Å². The molecular weight excluding hydrogens is 328 g/mol. The first-order chi connectivity index (χ1) is 8.74. The highest BCUT2D eigenvalue weighted by Gasteiger charge is 2.22. The molecule has 2 heterocycles. The molecule has 0 unspecified atom stereocenters. The summed E-state index contributed by atoms with van der Waals surface area (Å²) in [6, 6.07) is 14.1. The van der Waals surface area contributed by atoms with Gasteiger partial charge in [0, 0.05) is 11.9 Å². The zero-order valence-electron chi connectivity index (χ0n) is 9.21. The predicted octanol–water partition coefficient (Wildman–Crippen LogP) is 4.22. The van der Waals surface area contributed by atoms with E-state index in [2.05, 4.69) is 21.2 Å². The summed E-state index contributed by atoms with van der Waals surface area (Å²) in [5.41, 5.74) is 1.96. The quantitative estimate of drug-likeness (QED) is 0.764. The van der Waals surface area contributed by atoms with Crippen LogP contribution in [0.2, 0.25) is 0 Å². The van der Waals surface area contributed by atoms with E-state index in [4.69, 9.17) is 12.2 Å². The summed E-state index contributed by atoms with van der Waals surface area (Å²) in [6.07, 6.45) is 1.98. The van der Waals surface area contributed by atoms with E-state index in [0.29, 0.717) is 5.11 Å². The maximum Gasteiger partial charge on any atom is 0.204 e. The lowest BCUT2D eigenvalue weighted by Gasteiger charge is -2.13. The van der Waals surface area contributed by atoms with Gasteiger partial charge in [-0.3, -0.25) is 4.90 Å². The Morgan fingerprint density at radius 1 is 1.11 bits per heavy atom. The molecule has 0 amide bonds. The minimum Gasteiger partial charge on any atom is -0.290 e. The van der Waals surface area contributed by atoms with E-state index in [1.165, 1.54) is 0 Å². The molecule has 0 bridgehead atoms. The molecule has 0 aliphatic carbocycles. The number of thiophene rings is 1. The lowest BCUT2D eigenvalue weighted by molar-refractivity contribution is 1.31. The van der Waals surface area contributed by atoms with Gasteiger partial charge in [-0.1, -0.05) is 18.2 Å². The number of rotatable bonds is 2. The van der Waals surface area contributed by atoms with E-state index >= 15 is 0 Å². The van der Waals surface area contributed by atoms with Crippen molar-refractivity contribution in [3.63, 3.8) is 0 Å². The average Bonchev–Trinajstić information content (AvgIpc) is 2.97. The van der Waals surface area contributed by atoms with Crippen molar-refractivity contribution < 1.29 is 0 Å². The van der Waals surface area contributed by atoms with Crippen LogP contribution < -0.4 is 10.2 Å². The fraction of sp³-hybridized carbons (Fsp3) is 0. The van der Waals surface area contributed by atoms with Crippen molar-refractivity contribution in [1.29, 1.82) is 0 Å². The minimum absolute atomic E-state index is 0.584. The van der Waals surface area contributed by atoms with Gasteiger partial charge in [0.1, 0.15) is 5.70 Å². The molecule has 0 atom stereocenters. The van der Waals surface area contributed by atoms with Crippen LogP contribution in [-0.2, 0) is 0 Å². The topological polar surface area (TPSA) is 17.3 Å². The Labute approximate surface area is 123 Å². The molecule has 2 nitrogen and oxygen atoms in total. The van der Waals surface area contributed by atoms with E-state index in [-0.39, 0.29) is 0 Å². The van der Waals surface area contributed by atoms with E-state index in [9.17, 15) is 0 Å². The zero-order chi connectivity index (χ0) is 12.5. The van der Waals surface area contributed by atoms with Crippen LogP contribution in [0, 0.1) is 0 Å². The number of benzene rings is 1. The summed E-state index contributed by atoms with van der Waals surface area (Å²) in [7, 11) is 0. The van der Waals surface area contributed by atoms with Gasteiger partial charge in [0.15, 0.2) is 0 Å². The van der Waals surface area contributed by atoms with E-state index < -0.39 is 0 Å². The van der Waals surface area contributed by atoms with Crippen LogP contribution >= 0.6 is 39.5 Å². The zero-order valence-corrected chi connectivity index (χ0v) is 12.4. The number of anilines is 1. The highest BCUT2D eigenvalue weighted by Crippen LogP contribution is 2.31. The summed E-state index contributed by atoms with van der Waals surface area (Å²) in [4.78, 5) is 3.04. The summed E-state index contributed by atoms with van der Waals surface area (Å²) >= 11 is 10.4. The summed E-state index contributed by atoms with van der Waals surface area (Å²) in [5.74, 6) is 0. The molecule has 2 aromatic rings. The van der Waals surface area contributed by atoms with Crippen LogP contribution in [0.5, 0.6) is 0 Å². The largest absolute Gasteiger partial charge is 0.290 e. The Balaban J connectivity index is 1.94. The molecule has 5 heteroatoms. The van der Waals surface area contributed by atoms with E-state index in [0.717, 1.165) is 20.0 Å². The normalized spacial score (nSPS) is 14.6. The van der Waals surface area contributed by atoms with Crippen molar-refractivity contribution in [2.75, 3.05) is 4.90 Å². The maximum absolute atomic E-state index is 5.31. The van der Waals surface area contributed by atoms with Crippen LogP contribution in [0.25, 0.3) is 5.70 Å². The lowest BCUT2D eigenvalue weighted by Crippen LogP contribution is -2.23.